The van der Waals surface area contributed by atoms with E-state index in [-0.39, 0.29) is 15.6 Å². The van der Waals surface area contributed by atoms with Gasteiger partial charge in [0.2, 0.25) is 0 Å². The van der Waals surface area contributed by atoms with E-state index < -0.39 is 20.4 Å². The number of hydrogen-bond donors (Lipinski definition) is 0. The Kier molecular flexibility index (Phi) is 3.91. The van der Waals surface area contributed by atoms with Gasteiger partial charge in [-0.25, -0.2) is 8.42 Å². The standard InChI is InChI=1S/C11H12Cl2O3S/c1-11(2,17(3,15)16)10(14)7-5-4-6-8(12)9(7)13/h4-6H,1-3H3. The Morgan fingerprint density at radius 1 is 1.24 bits per heavy atom. The van der Waals surface area contributed by atoms with Crippen molar-refractivity contribution in [3.05, 3.63) is 33.8 Å². The highest BCUT2D eigenvalue weighted by molar-refractivity contribution is 7.92. The van der Waals surface area contributed by atoms with Crippen molar-refractivity contribution in [3.8, 4) is 0 Å². The molecule has 94 valence electrons. The Morgan fingerprint density at radius 3 is 2.24 bits per heavy atom. The number of carbonyl (C=O) groups is 1. The molecule has 3 nitrogen and oxygen atoms in total. The summed E-state index contributed by atoms with van der Waals surface area (Å²) in [6.45, 7) is 2.70. The molecule has 0 amide bonds. The van der Waals surface area contributed by atoms with Crippen LogP contribution in [0.2, 0.25) is 10.0 Å². The summed E-state index contributed by atoms with van der Waals surface area (Å²) in [5.41, 5.74) is 0.120. The van der Waals surface area contributed by atoms with Gasteiger partial charge in [-0.3, -0.25) is 4.79 Å². The molecular weight excluding hydrogens is 283 g/mol. The summed E-state index contributed by atoms with van der Waals surface area (Å²) in [5.74, 6) is -0.562. The minimum Gasteiger partial charge on any atom is -0.292 e. The maximum absolute atomic E-state index is 12.2. The SMILES string of the molecule is CC(C)(C(=O)c1cccc(Cl)c1Cl)S(C)(=O)=O. The number of sulfone groups is 1. The quantitative estimate of drug-likeness (QED) is 0.805. The van der Waals surface area contributed by atoms with Crippen molar-refractivity contribution < 1.29 is 13.2 Å². The second-order valence-electron chi connectivity index (χ2n) is 4.21. The van der Waals surface area contributed by atoms with Gasteiger partial charge in [-0.05, 0) is 26.0 Å². The molecule has 0 aromatic heterocycles. The number of Topliss-reactive ketones (excluding diaryl/α,β-unsaturated/α-hetero) is 1. The molecule has 0 fully saturated rings. The number of ketones is 1. The summed E-state index contributed by atoms with van der Waals surface area (Å²) < 4.78 is 21.6. The highest BCUT2D eigenvalue weighted by Gasteiger charge is 2.39. The minimum absolute atomic E-state index is 0.0795. The van der Waals surface area contributed by atoms with Gasteiger partial charge in [0.25, 0.3) is 0 Å². The van der Waals surface area contributed by atoms with Gasteiger partial charge in [-0.2, -0.15) is 0 Å². The van der Waals surface area contributed by atoms with E-state index in [1.54, 1.807) is 6.07 Å². The predicted octanol–water partition coefficient (Wildman–Crippen LogP) is 3.00. The van der Waals surface area contributed by atoms with Crippen molar-refractivity contribution in [2.45, 2.75) is 18.6 Å². The highest BCUT2D eigenvalue weighted by Crippen LogP contribution is 2.30. The molecule has 0 unspecified atom stereocenters. The fraction of sp³-hybridized carbons (Fsp3) is 0.364. The van der Waals surface area contributed by atoms with Gasteiger partial charge in [-0.1, -0.05) is 29.3 Å². The molecule has 1 aromatic rings. The summed E-state index contributed by atoms with van der Waals surface area (Å²) in [4.78, 5) is 12.2. The van der Waals surface area contributed by atoms with Crippen molar-refractivity contribution in [1.29, 1.82) is 0 Å². The van der Waals surface area contributed by atoms with Crippen molar-refractivity contribution in [1.82, 2.24) is 0 Å². The first-order chi connectivity index (χ1) is 7.59. The molecule has 0 N–H and O–H groups in total. The topological polar surface area (TPSA) is 51.2 Å². The van der Waals surface area contributed by atoms with E-state index in [0.717, 1.165) is 6.26 Å². The van der Waals surface area contributed by atoms with Crippen LogP contribution in [0, 0.1) is 0 Å². The molecular formula is C11H12Cl2O3S. The lowest BCUT2D eigenvalue weighted by atomic mass is 10.0. The van der Waals surface area contributed by atoms with Gasteiger partial charge >= 0.3 is 0 Å². The van der Waals surface area contributed by atoms with Gasteiger partial charge in [0.1, 0.15) is 4.75 Å². The molecule has 0 bridgehead atoms. The number of hydrogen-bond acceptors (Lipinski definition) is 3. The van der Waals surface area contributed by atoms with Crippen LogP contribution in [0.25, 0.3) is 0 Å². The monoisotopic (exact) mass is 294 g/mol. The molecule has 0 aliphatic carbocycles. The summed E-state index contributed by atoms with van der Waals surface area (Å²) >= 11 is 11.7. The number of benzene rings is 1. The van der Waals surface area contributed by atoms with Crippen LogP contribution in [0.3, 0.4) is 0 Å². The lowest BCUT2D eigenvalue weighted by Crippen LogP contribution is -2.40. The van der Waals surface area contributed by atoms with E-state index >= 15 is 0 Å². The van der Waals surface area contributed by atoms with E-state index in [2.05, 4.69) is 0 Å². The normalized spacial score (nSPS) is 12.5. The second-order valence-corrected chi connectivity index (χ2v) is 7.56. The molecule has 0 spiro atoms. The van der Waals surface area contributed by atoms with Gasteiger partial charge in [0.05, 0.1) is 10.0 Å². The maximum atomic E-state index is 12.2. The van der Waals surface area contributed by atoms with Gasteiger partial charge in [-0.15, -0.1) is 0 Å². The molecule has 0 heterocycles. The first-order valence-electron chi connectivity index (χ1n) is 4.77. The average Bonchev–Trinajstić information content (AvgIpc) is 2.19. The van der Waals surface area contributed by atoms with Crippen LogP contribution in [0.4, 0.5) is 0 Å². The zero-order valence-electron chi connectivity index (χ0n) is 9.62. The summed E-state index contributed by atoms with van der Waals surface area (Å²) in [7, 11) is -3.53. The first-order valence-corrected chi connectivity index (χ1v) is 7.42. The van der Waals surface area contributed by atoms with Crippen LogP contribution in [0.15, 0.2) is 18.2 Å². The van der Waals surface area contributed by atoms with Crippen LogP contribution < -0.4 is 0 Å². The van der Waals surface area contributed by atoms with Crippen molar-refractivity contribution in [2.24, 2.45) is 0 Å². The largest absolute Gasteiger partial charge is 0.292 e. The minimum atomic E-state index is -3.53. The highest BCUT2D eigenvalue weighted by atomic mass is 35.5. The second kappa shape index (κ2) is 4.59. The summed E-state index contributed by atoms with van der Waals surface area (Å²) in [6.07, 6.45) is 1.02. The molecule has 1 rings (SSSR count). The van der Waals surface area contributed by atoms with Gasteiger partial charge in [0, 0.05) is 11.8 Å². The van der Waals surface area contributed by atoms with E-state index in [9.17, 15) is 13.2 Å². The molecule has 0 aliphatic heterocycles. The van der Waals surface area contributed by atoms with E-state index in [4.69, 9.17) is 23.2 Å². The van der Waals surface area contributed by atoms with Crippen LogP contribution in [-0.4, -0.2) is 25.2 Å². The molecule has 0 saturated heterocycles. The van der Waals surface area contributed by atoms with E-state index in [1.165, 1.54) is 26.0 Å². The van der Waals surface area contributed by atoms with E-state index in [1.807, 2.05) is 0 Å². The smallest absolute Gasteiger partial charge is 0.185 e. The Hall–Kier alpha value is -0.580. The lowest BCUT2D eigenvalue weighted by Gasteiger charge is -2.21. The molecule has 0 aliphatic rings. The Bertz CT molecular complexity index is 562. The Labute approximate surface area is 111 Å². The third kappa shape index (κ3) is 2.64. The number of carbonyl (C=O) groups excluding carboxylic acids is 1. The van der Waals surface area contributed by atoms with Crippen LogP contribution >= 0.6 is 23.2 Å². The Morgan fingerprint density at radius 2 is 1.76 bits per heavy atom. The molecule has 0 saturated carbocycles. The third-order valence-electron chi connectivity index (χ3n) is 2.67. The number of halogens is 2. The fourth-order valence-electron chi connectivity index (χ4n) is 1.17. The average molecular weight is 295 g/mol. The zero-order chi connectivity index (χ0) is 13.4. The number of rotatable bonds is 3. The predicted molar refractivity (Wildman–Crippen MR) is 69.7 cm³/mol. The van der Waals surface area contributed by atoms with Crippen LogP contribution in [-0.2, 0) is 9.84 Å². The van der Waals surface area contributed by atoms with Crippen molar-refractivity contribution >= 4 is 38.8 Å². The van der Waals surface area contributed by atoms with Crippen molar-refractivity contribution in [3.63, 3.8) is 0 Å². The zero-order valence-corrected chi connectivity index (χ0v) is 11.9. The van der Waals surface area contributed by atoms with Gasteiger partial charge < -0.3 is 0 Å². The molecule has 0 radical (unpaired) electrons. The fourth-order valence-corrected chi connectivity index (χ4v) is 2.00. The molecule has 1 aromatic carbocycles. The van der Waals surface area contributed by atoms with E-state index in [0.29, 0.717) is 0 Å². The molecule has 17 heavy (non-hydrogen) atoms. The summed E-state index contributed by atoms with van der Waals surface area (Å²) in [5, 5.41) is 0.303. The maximum Gasteiger partial charge on any atom is 0.185 e. The van der Waals surface area contributed by atoms with Gasteiger partial charge in [0.15, 0.2) is 15.6 Å². The summed E-state index contributed by atoms with van der Waals surface area (Å²) in [6, 6.07) is 4.55. The third-order valence-corrected chi connectivity index (χ3v) is 5.53. The van der Waals surface area contributed by atoms with Crippen molar-refractivity contribution in [2.75, 3.05) is 6.26 Å². The lowest BCUT2D eigenvalue weighted by molar-refractivity contribution is 0.0954. The van der Waals surface area contributed by atoms with Crippen LogP contribution in [0.1, 0.15) is 24.2 Å². The molecule has 6 heteroatoms. The van der Waals surface area contributed by atoms with Crippen LogP contribution in [0.5, 0.6) is 0 Å². The first kappa shape index (κ1) is 14.5. The Balaban J connectivity index is 3.37. The molecule has 0 atom stereocenters.